The molecule has 2 rings (SSSR count). The predicted octanol–water partition coefficient (Wildman–Crippen LogP) is 4.78. The molecule has 45 heavy (non-hydrogen) atoms. The fraction of sp³-hybridized carbons (Fsp3) is 0.514. The van der Waals surface area contributed by atoms with Crippen molar-refractivity contribution in [2.45, 2.75) is 98.1 Å². The molecular weight excluding hydrogens is 576 g/mol. The number of methoxy groups -OCH3 is 1. The lowest BCUT2D eigenvalue weighted by Crippen LogP contribution is -2.54. The van der Waals surface area contributed by atoms with Gasteiger partial charge in [0, 0.05) is 11.1 Å². The fourth-order valence-corrected chi connectivity index (χ4v) is 4.55. The van der Waals surface area contributed by atoms with Crippen LogP contribution in [0.25, 0.3) is 0 Å². The number of carbonyl (C=O) groups is 5. The number of Topliss-reactive ketones (excluding diaryl/α,β-unsaturated/α-hetero) is 2. The van der Waals surface area contributed by atoms with E-state index in [-0.39, 0.29) is 23.0 Å². The van der Waals surface area contributed by atoms with Crippen LogP contribution in [-0.4, -0.2) is 60.3 Å². The number of nitrogens with one attached hydrogen (secondary N) is 2. The van der Waals surface area contributed by atoms with Crippen molar-refractivity contribution in [2.24, 2.45) is 5.92 Å². The van der Waals surface area contributed by atoms with Crippen LogP contribution in [0.1, 0.15) is 95.8 Å². The molecule has 0 saturated heterocycles. The van der Waals surface area contributed by atoms with Crippen LogP contribution in [0.15, 0.2) is 36.4 Å². The first-order valence-corrected chi connectivity index (χ1v) is 15.0. The number of hydrogen-bond donors (Lipinski definition) is 3. The Bertz CT molecular complexity index is 1380. The van der Waals surface area contributed by atoms with Gasteiger partial charge in [0.15, 0.2) is 11.6 Å². The summed E-state index contributed by atoms with van der Waals surface area (Å²) in [4.78, 5) is 63.1. The van der Waals surface area contributed by atoms with Gasteiger partial charge >= 0.3 is 5.97 Å². The highest BCUT2D eigenvalue weighted by molar-refractivity contribution is 5.96. The lowest BCUT2D eigenvalue weighted by Gasteiger charge is -2.26. The summed E-state index contributed by atoms with van der Waals surface area (Å²) in [5.41, 5.74) is 2.56. The number of benzene rings is 2. The zero-order valence-electron chi connectivity index (χ0n) is 28.1. The largest absolute Gasteiger partial charge is 0.496 e. The maximum atomic E-state index is 13.3. The van der Waals surface area contributed by atoms with Gasteiger partial charge in [0.2, 0.25) is 11.8 Å². The summed E-state index contributed by atoms with van der Waals surface area (Å²) in [5.74, 6) is -2.80. The van der Waals surface area contributed by atoms with Crippen molar-refractivity contribution in [3.63, 3.8) is 0 Å². The zero-order valence-corrected chi connectivity index (χ0v) is 28.1. The molecule has 0 radical (unpaired) electrons. The van der Waals surface area contributed by atoms with E-state index in [1.165, 1.54) is 14.0 Å². The van der Waals surface area contributed by atoms with E-state index in [9.17, 15) is 29.1 Å². The smallest absolute Gasteiger partial charge is 0.305 e. The minimum Gasteiger partial charge on any atom is -0.496 e. The van der Waals surface area contributed by atoms with Gasteiger partial charge in [0.1, 0.15) is 30.2 Å². The molecule has 3 N–H and O–H groups in total. The molecule has 10 heteroatoms. The van der Waals surface area contributed by atoms with Gasteiger partial charge in [-0.15, -0.1) is 0 Å². The number of carbonyl (C=O) groups excluding carboxylic acids is 4. The Kier molecular flexibility index (Phi) is 12.5. The van der Waals surface area contributed by atoms with E-state index in [1.54, 1.807) is 32.0 Å². The maximum Gasteiger partial charge on any atom is 0.305 e. The van der Waals surface area contributed by atoms with E-state index in [1.807, 2.05) is 12.1 Å². The molecule has 0 aromatic heterocycles. The normalized spacial score (nSPS) is 13.0. The van der Waals surface area contributed by atoms with Crippen LogP contribution in [-0.2, 0) is 36.4 Å². The van der Waals surface area contributed by atoms with Crippen molar-refractivity contribution in [2.75, 3.05) is 13.7 Å². The lowest BCUT2D eigenvalue weighted by molar-refractivity contribution is -0.141. The molecule has 2 aromatic carbocycles. The molecule has 2 atom stereocenters. The molecule has 0 aliphatic rings. The Morgan fingerprint density at radius 2 is 1.44 bits per heavy atom. The van der Waals surface area contributed by atoms with E-state index in [2.05, 4.69) is 58.2 Å². The number of hydrogen-bond acceptors (Lipinski definition) is 7. The highest BCUT2D eigenvalue weighted by Crippen LogP contribution is 2.33. The third-order valence-corrected chi connectivity index (χ3v) is 7.41. The van der Waals surface area contributed by atoms with Gasteiger partial charge in [-0.1, -0.05) is 61.5 Å². The third-order valence-electron chi connectivity index (χ3n) is 7.41. The third kappa shape index (κ3) is 11.0. The van der Waals surface area contributed by atoms with Crippen LogP contribution in [0, 0.1) is 5.92 Å². The summed E-state index contributed by atoms with van der Waals surface area (Å²) in [6, 6.07) is 8.14. The SMILES string of the molecule is COc1ccc(C(C)=O)cc1CC(=O)N[C@H](C(=O)N[C@@H](CC(=O)O)C(=O)COc1cc(C(C)(C)C)cc(C(C)(C)C)c1)C(C)C. The van der Waals surface area contributed by atoms with Crippen LogP contribution in [0.3, 0.4) is 0 Å². The van der Waals surface area contributed by atoms with Crippen LogP contribution in [0.4, 0.5) is 0 Å². The topological polar surface area (TPSA) is 148 Å². The Hall–Kier alpha value is -4.21. The molecule has 0 heterocycles. The number of ether oxygens (including phenoxy) is 2. The minimum atomic E-state index is -1.38. The first-order valence-electron chi connectivity index (χ1n) is 15.0. The van der Waals surface area contributed by atoms with Crippen LogP contribution < -0.4 is 20.1 Å². The molecule has 2 aromatic rings. The van der Waals surface area contributed by atoms with Crippen LogP contribution >= 0.6 is 0 Å². The predicted molar refractivity (Wildman–Crippen MR) is 172 cm³/mol. The molecule has 0 aliphatic heterocycles. The fourth-order valence-electron chi connectivity index (χ4n) is 4.55. The van der Waals surface area contributed by atoms with Gasteiger partial charge in [-0.3, -0.25) is 24.0 Å². The van der Waals surface area contributed by atoms with E-state index in [0.717, 1.165) is 11.1 Å². The Labute approximate surface area is 266 Å². The molecular formula is C35H48N2O8. The first-order chi connectivity index (χ1) is 20.7. The highest BCUT2D eigenvalue weighted by Gasteiger charge is 2.31. The van der Waals surface area contributed by atoms with Gasteiger partial charge in [-0.05, 0) is 65.1 Å². The second-order valence-corrected chi connectivity index (χ2v) is 13.7. The second-order valence-electron chi connectivity index (χ2n) is 13.7. The number of amides is 2. The number of ketones is 2. The van der Waals surface area contributed by atoms with E-state index in [0.29, 0.717) is 22.6 Å². The Morgan fingerprint density at radius 1 is 0.867 bits per heavy atom. The first kappa shape index (κ1) is 37.0. The van der Waals surface area contributed by atoms with Crippen molar-refractivity contribution in [1.29, 1.82) is 0 Å². The van der Waals surface area contributed by atoms with Gasteiger partial charge in [-0.25, -0.2) is 0 Å². The summed E-state index contributed by atoms with van der Waals surface area (Å²) in [7, 11) is 1.45. The lowest BCUT2D eigenvalue weighted by atomic mass is 9.80. The summed E-state index contributed by atoms with van der Waals surface area (Å²) in [5, 5.41) is 14.7. The van der Waals surface area contributed by atoms with Crippen LogP contribution in [0.5, 0.6) is 11.5 Å². The van der Waals surface area contributed by atoms with E-state index < -0.39 is 54.6 Å². The molecule has 0 spiro atoms. The molecule has 10 nitrogen and oxygen atoms in total. The molecule has 0 bridgehead atoms. The number of carboxylic acids is 1. The van der Waals surface area contributed by atoms with Crippen molar-refractivity contribution < 1.29 is 38.6 Å². The average molecular weight is 625 g/mol. The van der Waals surface area contributed by atoms with Crippen molar-refractivity contribution in [3.8, 4) is 11.5 Å². The summed E-state index contributed by atoms with van der Waals surface area (Å²) < 4.78 is 11.2. The molecule has 0 saturated carbocycles. The zero-order chi connectivity index (χ0) is 34.3. The number of aliphatic carboxylic acids is 1. The van der Waals surface area contributed by atoms with Crippen molar-refractivity contribution >= 4 is 29.4 Å². The Morgan fingerprint density at radius 3 is 1.91 bits per heavy atom. The van der Waals surface area contributed by atoms with Gasteiger partial charge in [0.25, 0.3) is 0 Å². The Balaban J connectivity index is 2.22. The standard InChI is InChI=1S/C35H48N2O8/c1-20(2)32(37-30(40)14-23-13-22(21(3)38)11-12-29(23)44-10)33(43)36-27(18-31(41)42)28(39)19-45-26-16-24(34(4,5)6)15-25(17-26)35(7,8)9/h11-13,15-17,20,27,32H,14,18-19H2,1-10H3,(H,36,43)(H,37,40)(H,41,42)/t27-,32-/m0/s1. The molecule has 0 aliphatic carbocycles. The quantitative estimate of drug-likeness (QED) is 0.254. The van der Waals surface area contributed by atoms with Gasteiger partial charge < -0.3 is 25.2 Å². The van der Waals surface area contributed by atoms with Crippen molar-refractivity contribution in [1.82, 2.24) is 10.6 Å². The monoisotopic (exact) mass is 624 g/mol. The maximum absolute atomic E-state index is 13.3. The second kappa shape index (κ2) is 15.2. The molecule has 246 valence electrons. The van der Waals surface area contributed by atoms with Gasteiger partial charge in [-0.2, -0.15) is 0 Å². The average Bonchev–Trinajstić information content (AvgIpc) is 2.92. The van der Waals surface area contributed by atoms with Gasteiger partial charge in [0.05, 0.1) is 20.0 Å². The van der Waals surface area contributed by atoms with Crippen LogP contribution in [0.2, 0.25) is 0 Å². The molecule has 0 unspecified atom stereocenters. The van der Waals surface area contributed by atoms with E-state index in [4.69, 9.17) is 9.47 Å². The number of carboxylic acid groups (broad SMARTS) is 1. The molecule has 0 fully saturated rings. The summed E-state index contributed by atoms with van der Waals surface area (Å²) in [6.45, 7) is 16.8. The van der Waals surface area contributed by atoms with Crippen molar-refractivity contribution in [3.05, 3.63) is 58.7 Å². The minimum absolute atomic E-state index is 0.170. The number of rotatable bonds is 14. The molecule has 2 amide bonds. The summed E-state index contributed by atoms with van der Waals surface area (Å²) >= 11 is 0. The van der Waals surface area contributed by atoms with E-state index >= 15 is 0 Å². The summed E-state index contributed by atoms with van der Waals surface area (Å²) in [6.07, 6.45) is -0.826. The highest BCUT2D eigenvalue weighted by atomic mass is 16.5.